The Labute approximate surface area is 565 Å². The summed E-state index contributed by atoms with van der Waals surface area (Å²) in [6.45, 7) is 0. The number of para-hydroxylation sites is 6. The van der Waals surface area contributed by atoms with Gasteiger partial charge in [-0.15, -0.1) is 0 Å². The van der Waals surface area contributed by atoms with E-state index in [1.807, 2.05) is 36.4 Å². The second-order valence-corrected chi connectivity index (χ2v) is 21.2. The Morgan fingerprint density at radius 3 is 0.420 bits per heavy atom. The van der Waals surface area contributed by atoms with Crippen LogP contribution in [0.4, 0.5) is 122 Å². The van der Waals surface area contributed by atoms with Gasteiger partial charge in [-0.25, -0.2) is 0 Å². The molecule has 28 heteroatoms. The molecule has 7 nitrogen and oxygen atoms in total. The minimum atomic E-state index is -12.6. The monoisotopic (exact) mass is 1430 g/mol. The Kier molecular flexibility index (Phi) is 31.6. The zero-order valence-corrected chi connectivity index (χ0v) is 55.3. The van der Waals surface area contributed by atoms with Crippen molar-refractivity contribution in [1.82, 2.24) is 0 Å². The van der Waals surface area contributed by atoms with Crippen LogP contribution in [0.1, 0.15) is 0 Å². The summed E-state index contributed by atoms with van der Waals surface area (Å²) in [5, 5.41) is 0. The Bertz CT molecular complexity index is 3630. The Hall–Kier alpha value is -9.58. The molecule has 0 aliphatic carbocycles. The number of quaternary nitrogens is 6. The number of hydrogen-bond acceptors (Lipinski definition) is 1. The fraction of sp³-hybridized carbons (Fsp3) is 0.167. The van der Waals surface area contributed by atoms with Gasteiger partial charge in [0.2, 0.25) is 0 Å². The number of halogens is 20. The molecule has 0 aliphatic rings. The standard InChI is InChI=1S/C24H5BF20O.6C8H11N/c26-4-1(5(27)11(33)16(38)10(4)32)25(2-6(28)12(34)17(39)13(35)7(2)29,3-8(30)14(36)18(40)15(37)9(3)31)46-24-22(44)20(42)19(41)21(43)23(24)45;6*1-9(2)8-6-4-3-5-7-8/h25H5;6*3-7H,1-2H3/q-6;;;;;;/p+6. The molecule has 0 bridgehead atoms. The molecule has 10 rings (SSSR count). The maximum absolute atomic E-state index is 15.4. The molecule has 6 N–H and O–H groups in total. The molecule has 0 saturated carbocycles. The van der Waals surface area contributed by atoms with E-state index in [0.29, 0.717) is 0 Å². The second kappa shape index (κ2) is 38.1. The fourth-order valence-corrected chi connectivity index (χ4v) is 6.70. The van der Waals surface area contributed by atoms with Crippen LogP contribution in [0.3, 0.4) is 0 Å². The molecule has 10 aromatic rings. The molecule has 0 fully saturated rings. The molecule has 10 aromatic carbocycles. The first-order chi connectivity index (χ1) is 47.0. The Morgan fingerprint density at radius 2 is 0.300 bits per heavy atom. The zero-order chi connectivity index (χ0) is 75.2. The molecule has 0 unspecified atom stereocenters. The maximum atomic E-state index is 15.4. The molecule has 0 amide bonds. The first-order valence-corrected chi connectivity index (χ1v) is 28.9. The summed E-state index contributed by atoms with van der Waals surface area (Å²) in [5.41, 5.74) is -1.60. The molecule has 544 valence electrons. The van der Waals surface area contributed by atoms with Crippen LogP contribution in [0.15, 0.2) is 182 Å². The second-order valence-electron chi connectivity index (χ2n) is 21.2. The van der Waals surface area contributed by atoms with Crippen molar-refractivity contribution in [2.45, 2.75) is 0 Å². The van der Waals surface area contributed by atoms with Crippen LogP contribution >= 0.6 is 0 Å². The Morgan fingerprint density at radius 1 is 0.180 bits per heavy atom. The first-order valence-electron chi connectivity index (χ1n) is 28.9. The van der Waals surface area contributed by atoms with E-state index in [0.717, 1.165) is 0 Å². The van der Waals surface area contributed by atoms with Crippen molar-refractivity contribution in [3.8, 4) is 5.75 Å². The average Bonchev–Trinajstić information content (AvgIpc) is 0.696. The number of nitrogens with one attached hydrogen (secondary N) is 6. The van der Waals surface area contributed by atoms with Gasteiger partial charge >= 0.3 is 237 Å². The summed E-state index contributed by atoms with van der Waals surface area (Å²) in [4.78, 5) is 8.23. The van der Waals surface area contributed by atoms with E-state index >= 15 is 26.3 Å². The summed E-state index contributed by atoms with van der Waals surface area (Å²) >= 11 is 0. The molecule has 0 spiro atoms. The predicted molar refractivity (Wildman–Crippen MR) is 351 cm³/mol. The van der Waals surface area contributed by atoms with Crippen LogP contribution in [0.25, 0.3) is 0 Å². The van der Waals surface area contributed by atoms with Crippen LogP contribution < -0.4 is 50.4 Å². The third-order valence-corrected chi connectivity index (χ3v) is 12.2. The molecule has 0 aliphatic heterocycles. The molecule has 0 aromatic heterocycles. The molecule has 100 heavy (non-hydrogen) atoms. The molecular weight excluding hydrogens is 1360 g/mol. The molecule has 0 radical (unpaired) electrons. The summed E-state index contributed by atoms with van der Waals surface area (Å²) in [5.74, 6) is -70.9. The predicted octanol–water partition coefficient (Wildman–Crippen LogP) is 7.95. The van der Waals surface area contributed by atoms with Crippen molar-refractivity contribution >= 4 is 56.9 Å². The number of benzene rings is 10. The quantitative estimate of drug-likeness (QED) is 0.0339. The third-order valence-electron chi connectivity index (χ3n) is 12.2. The molecule has 0 atom stereocenters. The van der Waals surface area contributed by atoms with Crippen molar-refractivity contribution in [3.05, 3.63) is 298 Å². The van der Waals surface area contributed by atoms with Gasteiger partial charge < -0.3 is 29.4 Å². The van der Waals surface area contributed by atoms with Crippen LogP contribution in [0.5, 0.6) is 5.75 Å². The molecular formula is C72H77BF20N6O. The van der Waals surface area contributed by atoms with Crippen molar-refractivity contribution in [2.24, 2.45) is 0 Å². The van der Waals surface area contributed by atoms with Gasteiger partial charge in [-0.1, -0.05) is 109 Å². The van der Waals surface area contributed by atoms with E-state index < -0.39 is 145 Å². The number of rotatable bonds is 11. The van der Waals surface area contributed by atoms with Crippen molar-refractivity contribution < 1.29 is 122 Å². The van der Waals surface area contributed by atoms with Gasteiger partial charge in [0.05, 0.1) is 84.6 Å². The van der Waals surface area contributed by atoms with Crippen molar-refractivity contribution in [1.29, 1.82) is 0 Å². The van der Waals surface area contributed by atoms with Crippen LogP contribution in [0, 0.1) is 116 Å². The summed E-state index contributed by atoms with van der Waals surface area (Å²) in [6.07, 6.45) is -12.6. The van der Waals surface area contributed by atoms with E-state index in [1.165, 1.54) is 63.5 Å². The third kappa shape index (κ3) is 20.5. The van der Waals surface area contributed by atoms with Gasteiger partial charge in [0.15, 0.2) is 0 Å². The first kappa shape index (κ1) is 82.8. The number of hydrogen-bond donors (Lipinski definition) is 6. The van der Waals surface area contributed by atoms with Crippen LogP contribution in [-0.2, 0) is 0 Å². The molecule has 0 heterocycles. The topological polar surface area (TPSA) is 35.9 Å². The van der Waals surface area contributed by atoms with Gasteiger partial charge in [0, 0.05) is 0 Å². The average molecular weight is 1430 g/mol. The summed E-state index contributed by atoms with van der Waals surface area (Å²) < 4.78 is 296. The zero-order valence-electron chi connectivity index (χ0n) is 55.3. The minimum absolute atomic E-state index is 1.33. The Balaban J connectivity index is 0.000000309. The summed E-state index contributed by atoms with van der Waals surface area (Å²) in [6, 6.07) is 62.3. The van der Waals surface area contributed by atoms with Gasteiger partial charge in [-0.2, -0.15) is 0 Å². The van der Waals surface area contributed by atoms with Crippen molar-refractivity contribution in [2.75, 3.05) is 84.6 Å². The van der Waals surface area contributed by atoms with E-state index in [1.54, 1.807) is 0 Å². The van der Waals surface area contributed by atoms with Gasteiger partial charge in [0.1, 0.15) is 34.1 Å². The summed E-state index contributed by atoms with van der Waals surface area (Å²) in [7, 11) is 25.4. The van der Waals surface area contributed by atoms with Crippen LogP contribution in [0.2, 0.25) is 0 Å². The molecule has 0 saturated heterocycles. The van der Waals surface area contributed by atoms with E-state index in [9.17, 15) is 61.5 Å². The van der Waals surface area contributed by atoms with E-state index in [4.69, 9.17) is 0 Å². The van der Waals surface area contributed by atoms with E-state index in [2.05, 4.69) is 235 Å². The van der Waals surface area contributed by atoms with Gasteiger partial charge in [0.25, 0.3) is 0 Å². The SMILES string of the molecule is C[NH+](C)c1ccccc1.C[NH+](C)c1ccccc1.C[NH+](C)c1ccccc1.C[NH+](C)c1ccccc1.C[NH+](C)c1ccccc1.C[NH+](C)c1ccccc1.Fc1c(F)c(F)c(O[BH5-6](c2c(F)c(F)c(F)c(F)c2F)(c2c(F)c(F)c(F)c(F)c2F)c2c(F)c(F)c(F)c(F)c2F)c(F)c1F. The normalized spacial score (nSPS) is 11.1. The van der Waals surface area contributed by atoms with Gasteiger partial charge in [-0.3, -0.25) is 0 Å². The fourth-order valence-electron chi connectivity index (χ4n) is 6.70. The van der Waals surface area contributed by atoms with Crippen LogP contribution in [-0.4, -0.2) is 90.9 Å². The van der Waals surface area contributed by atoms with Crippen molar-refractivity contribution in [3.63, 3.8) is 0 Å². The van der Waals surface area contributed by atoms with Gasteiger partial charge in [-0.05, 0) is 72.8 Å². The van der Waals surface area contributed by atoms with E-state index in [-0.39, 0.29) is 0 Å².